The maximum Gasteiger partial charge on any atom is 0.242 e. The summed E-state index contributed by atoms with van der Waals surface area (Å²) in [5.41, 5.74) is 3.72. The van der Waals surface area contributed by atoms with Gasteiger partial charge < -0.3 is 10.2 Å². The first-order valence-corrected chi connectivity index (χ1v) is 10.6. The van der Waals surface area contributed by atoms with Crippen LogP contribution in [0.15, 0.2) is 36.4 Å². The van der Waals surface area contributed by atoms with Crippen molar-refractivity contribution in [3.05, 3.63) is 68.7 Å². The molecule has 0 aromatic heterocycles. The third-order valence-corrected chi connectivity index (χ3v) is 5.66. The van der Waals surface area contributed by atoms with Gasteiger partial charge in [-0.05, 0) is 50.5 Å². The van der Waals surface area contributed by atoms with Crippen LogP contribution >= 0.6 is 23.2 Å². The first-order chi connectivity index (χ1) is 13.7. The lowest BCUT2D eigenvalue weighted by Gasteiger charge is -2.29. The van der Waals surface area contributed by atoms with E-state index in [1.807, 2.05) is 39.0 Å². The minimum atomic E-state index is -0.647. The van der Waals surface area contributed by atoms with Crippen molar-refractivity contribution in [1.82, 2.24) is 10.2 Å². The van der Waals surface area contributed by atoms with Crippen molar-refractivity contribution >= 4 is 35.0 Å². The SMILES string of the molecule is CCCNC(=O)C(C)N(Cc1c(Cl)cccc1Cl)C(=O)Cc1cc(C)ccc1C. The molecule has 1 atom stereocenters. The zero-order valence-corrected chi connectivity index (χ0v) is 18.9. The van der Waals surface area contributed by atoms with E-state index in [0.717, 1.165) is 23.1 Å². The summed E-state index contributed by atoms with van der Waals surface area (Å²) in [6, 6.07) is 10.6. The minimum Gasteiger partial charge on any atom is -0.354 e. The van der Waals surface area contributed by atoms with Gasteiger partial charge in [-0.2, -0.15) is 0 Å². The van der Waals surface area contributed by atoms with Crippen molar-refractivity contribution < 1.29 is 9.59 Å². The summed E-state index contributed by atoms with van der Waals surface area (Å²) in [6.45, 7) is 8.43. The second-order valence-corrected chi connectivity index (χ2v) is 8.11. The van der Waals surface area contributed by atoms with Crippen LogP contribution in [0.1, 0.15) is 42.5 Å². The Kier molecular flexibility index (Phi) is 8.54. The number of hydrogen-bond donors (Lipinski definition) is 1. The van der Waals surface area contributed by atoms with Gasteiger partial charge in [-0.1, -0.05) is 60.0 Å². The van der Waals surface area contributed by atoms with E-state index >= 15 is 0 Å². The summed E-state index contributed by atoms with van der Waals surface area (Å²) in [5.74, 6) is -0.335. The highest BCUT2D eigenvalue weighted by Crippen LogP contribution is 2.27. The largest absolute Gasteiger partial charge is 0.354 e. The van der Waals surface area contributed by atoms with Crippen molar-refractivity contribution in [2.45, 2.75) is 53.1 Å². The standard InChI is InChI=1S/C23H28Cl2N2O2/c1-5-11-26-23(29)17(4)27(14-19-20(24)7-6-8-21(19)25)22(28)13-18-12-15(2)9-10-16(18)3/h6-10,12,17H,5,11,13-14H2,1-4H3,(H,26,29). The van der Waals surface area contributed by atoms with Crippen molar-refractivity contribution in [3.8, 4) is 0 Å². The molecule has 29 heavy (non-hydrogen) atoms. The van der Waals surface area contributed by atoms with E-state index in [1.165, 1.54) is 0 Å². The van der Waals surface area contributed by atoms with Gasteiger partial charge in [0.15, 0.2) is 0 Å². The molecule has 0 saturated heterocycles. The molecule has 2 amide bonds. The van der Waals surface area contributed by atoms with Crippen LogP contribution in [0.2, 0.25) is 10.0 Å². The molecule has 0 aliphatic carbocycles. The Morgan fingerprint density at radius 2 is 1.76 bits per heavy atom. The van der Waals surface area contributed by atoms with E-state index in [0.29, 0.717) is 22.2 Å². The number of nitrogens with zero attached hydrogens (tertiary/aromatic N) is 1. The second kappa shape index (κ2) is 10.7. The van der Waals surface area contributed by atoms with Crippen LogP contribution < -0.4 is 5.32 Å². The normalized spacial score (nSPS) is 11.8. The third kappa shape index (κ3) is 6.22. The molecule has 0 radical (unpaired) electrons. The summed E-state index contributed by atoms with van der Waals surface area (Å²) < 4.78 is 0. The molecule has 2 aromatic rings. The Morgan fingerprint density at radius 1 is 1.10 bits per heavy atom. The molecule has 0 aliphatic heterocycles. The number of carbonyl (C=O) groups is 2. The van der Waals surface area contributed by atoms with Crippen molar-refractivity contribution in [2.75, 3.05) is 6.54 Å². The number of halogens is 2. The van der Waals surface area contributed by atoms with Gasteiger partial charge in [-0.25, -0.2) is 0 Å². The molecule has 2 aromatic carbocycles. The Labute approximate surface area is 183 Å². The topological polar surface area (TPSA) is 49.4 Å². The van der Waals surface area contributed by atoms with Crippen LogP contribution in [0.3, 0.4) is 0 Å². The van der Waals surface area contributed by atoms with Gasteiger partial charge >= 0.3 is 0 Å². The van der Waals surface area contributed by atoms with Gasteiger partial charge in [-0.15, -0.1) is 0 Å². The summed E-state index contributed by atoms with van der Waals surface area (Å²) in [4.78, 5) is 27.4. The number of rotatable bonds is 8. The van der Waals surface area contributed by atoms with E-state index in [2.05, 4.69) is 5.32 Å². The van der Waals surface area contributed by atoms with Gasteiger partial charge in [0.05, 0.1) is 6.42 Å². The molecule has 0 aliphatic rings. The van der Waals surface area contributed by atoms with Crippen LogP contribution in [0, 0.1) is 13.8 Å². The monoisotopic (exact) mass is 434 g/mol. The quantitative estimate of drug-likeness (QED) is 0.628. The first kappa shape index (κ1) is 23.2. The lowest BCUT2D eigenvalue weighted by molar-refractivity contribution is -0.140. The summed E-state index contributed by atoms with van der Waals surface area (Å²) in [6.07, 6.45) is 1.03. The van der Waals surface area contributed by atoms with Crippen LogP contribution in [-0.4, -0.2) is 29.3 Å². The smallest absolute Gasteiger partial charge is 0.242 e. The number of benzene rings is 2. The van der Waals surface area contributed by atoms with E-state index in [4.69, 9.17) is 23.2 Å². The molecule has 0 heterocycles. The zero-order chi connectivity index (χ0) is 21.6. The molecule has 0 bridgehead atoms. The highest BCUT2D eigenvalue weighted by molar-refractivity contribution is 6.36. The highest BCUT2D eigenvalue weighted by atomic mass is 35.5. The van der Waals surface area contributed by atoms with E-state index < -0.39 is 6.04 Å². The minimum absolute atomic E-state index is 0.145. The molecule has 0 spiro atoms. The summed E-state index contributed by atoms with van der Waals surface area (Å²) in [5, 5.41) is 3.82. The summed E-state index contributed by atoms with van der Waals surface area (Å²) >= 11 is 12.7. The first-order valence-electron chi connectivity index (χ1n) is 9.80. The molecule has 6 heteroatoms. The maximum atomic E-state index is 13.3. The fraction of sp³-hybridized carbons (Fsp3) is 0.391. The van der Waals surface area contributed by atoms with E-state index in [-0.39, 0.29) is 24.8 Å². The zero-order valence-electron chi connectivity index (χ0n) is 17.4. The molecular formula is C23H28Cl2N2O2. The van der Waals surface area contributed by atoms with Crippen LogP contribution in [0.25, 0.3) is 0 Å². The number of carbonyl (C=O) groups excluding carboxylic acids is 2. The van der Waals surface area contributed by atoms with Crippen LogP contribution in [-0.2, 0) is 22.6 Å². The Morgan fingerprint density at radius 3 is 2.38 bits per heavy atom. The Bertz CT molecular complexity index is 863. The Balaban J connectivity index is 2.33. The van der Waals surface area contributed by atoms with Gasteiger partial charge in [0, 0.05) is 28.7 Å². The Hall–Kier alpha value is -2.04. The predicted molar refractivity (Wildman–Crippen MR) is 119 cm³/mol. The van der Waals surface area contributed by atoms with Crippen molar-refractivity contribution in [3.63, 3.8) is 0 Å². The second-order valence-electron chi connectivity index (χ2n) is 7.30. The fourth-order valence-corrected chi connectivity index (χ4v) is 3.60. The number of hydrogen-bond acceptors (Lipinski definition) is 2. The van der Waals surface area contributed by atoms with Crippen molar-refractivity contribution in [1.29, 1.82) is 0 Å². The lowest BCUT2D eigenvalue weighted by atomic mass is 10.0. The molecular weight excluding hydrogens is 407 g/mol. The van der Waals surface area contributed by atoms with E-state index in [1.54, 1.807) is 30.0 Å². The molecule has 156 valence electrons. The van der Waals surface area contributed by atoms with Gasteiger partial charge in [0.1, 0.15) is 6.04 Å². The number of aryl methyl sites for hydroxylation is 2. The number of nitrogens with one attached hydrogen (secondary N) is 1. The highest BCUT2D eigenvalue weighted by Gasteiger charge is 2.27. The van der Waals surface area contributed by atoms with Gasteiger partial charge in [-0.3, -0.25) is 9.59 Å². The van der Waals surface area contributed by atoms with Gasteiger partial charge in [0.25, 0.3) is 0 Å². The van der Waals surface area contributed by atoms with Crippen molar-refractivity contribution in [2.24, 2.45) is 0 Å². The third-order valence-electron chi connectivity index (χ3n) is 4.95. The average Bonchev–Trinajstić information content (AvgIpc) is 2.68. The molecule has 4 nitrogen and oxygen atoms in total. The number of amides is 2. The predicted octanol–water partition coefficient (Wildman–Crippen LogP) is 5.10. The van der Waals surface area contributed by atoms with Gasteiger partial charge in [0.2, 0.25) is 11.8 Å². The fourth-order valence-electron chi connectivity index (χ4n) is 3.09. The lowest BCUT2D eigenvalue weighted by Crippen LogP contribution is -2.48. The molecule has 0 fully saturated rings. The molecule has 1 unspecified atom stereocenters. The van der Waals surface area contributed by atoms with Crippen LogP contribution in [0.4, 0.5) is 0 Å². The summed E-state index contributed by atoms with van der Waals surface area (Å²) in [7, 11) is 0. The molecule has 2 rings (SSSR count). The molecule has 1 N–H and O–H groups in total. The maximum absolute atomic E-state index is 13.3. The molecule has 0 saturated carbocycles. The van der Waals surface area contributed by atoms with Crippen LogP contribution in [0.5, 0.6) is 0 Å². The van der Waals surface area contributed by atoms with E-state index in [9.17, 15) is 9.59 Å². The average molecular weight is 435 g/mol.